The van der Waals surface area contributed by atoms with Crippen molar-refractivity contribution in [2.45, 2.75) is 45.6 Å². The maximum atomic E-state index is 13.5. The molecule has 1 fully saturated rings. The van der Waals surface area contributed by atoms with Crippen LogP contribution in [0.4, 0.5) is 5.95 Å². The van der Waals surface area contributed by atoms with Gasteiger partial charge in [0.25, 0.3) is 0 Å². The molecule has 0 bridgehead atoms. The zero-order valence-electron chi connectivity index (χ0n) is 19.4. The Labute approximate surface area is 190 Å². The molecule has 4 rings (SSSR count). The number of aromatic nitrogens is 3. The molecule has 0 aliphatic carbocycles. The number of hydrogen-bond donors (Lipinski definition) is 0. The van der Waals surface area contributed by atoms with E-state index in [0.29, 0.717) is 12.4 Å². The molecule has 1 aliphatic rings. The van der Waals surface area contributed by atoms with E-state index in [2.05, 4.69) is 29.0 Å². The van der Waals surface area contributed by atoms with Crippen molar-refractivity contribution >= 4 is 11.9 Å². The average molecular weight is 430 g/mol. The number of amides is 1. The van der Waals surface area contributed by atoms with Crippen LogP contribution in [0, 0.1) is 13.8 Å². The van der Waals surface area contributed by atoms with Crippen molar-refractivity contribution in [1.82, 2.24) is 19.9 Å². The van der Waals surface area contributed by atoms with Crippen molar-refractivity contribution in [3.8, 4) is 11.1 Å². The largest absolute Gasteiger partial charge is 0.347 e. The lowest BCUT2D eigenvalue weighted by molar-refractivity contribution is -0.134. The number of rotatable bonds is 5. The molecule has 6 nitrogen and oxygen atoms in total. The number of likely N-dealkylation sites (tertiary alicyclic amines) is 1. The van der Waals surface area contributed by atoms with E-state index in [1.54, 1.807) is 6.20 Å². The summed E-state index contributed by atoms with van der Waals surface area (Å²) in [7, 11) is 3.88. The fraction of sp³-hybridized carbons (Fsp3) is 0.385. The van der Waals surface area contributed by atoms with Crippen molar-refractivity contribution in [1.29, 1.82) is 0 Å². The summed E-state index contributed by atoms with van der Waals surface area (Å²) in [5.41, 5.74) is 6.28. The number of benzene rings is 1. The van der Waals surface area contributed by atoms with Gasteiger partial charge in [-0.2, -0.15) is 0 Å². The van der Waals surface area contributed by atoms with Crippen LogP contribution in [0.2, 0.25) is 0 Å². The van der Waals surface area contributed by atoms with E-state index >= 15 is 0 Å². The molecule has 0 saturated carbocycles. The zero-order valence-corrected chi connectivity index (χ0v) is 19.4. The van der Waals surface area contributed by atoms with Crippen LogP contribution in [0.1, 0.15) is 47.7 Å². The lowest BCUT2D eigenvalue weighted by Crippen LogP contribution is -2.40. The topological polar surface area (TPSA) is 62.2 Å². The highest BCUT2D eigenvalue weighted by Crippen LogP contribution is 2.37. The second kappa shape index (κ2) is 9.47. The van der Waals surface area contributed by atoms with Crippen LogP contribution in [-0.2, 0) is 11.2 Å². The molecule has 0 unspecified atom stereocenters. The summed E-state index contributed by atoms with van der Waals surface area (Å²) >= 11 is 0. The van der Waals surface area contributed by atoms with E-state index < -0.39 is 0 Å². The van der Waals surface area contributed by atoms with Crippen molar-refractivity contribution < 1.29 is 4.79 Å². The normalized spacial score (nSPS) is 16.1. The summed E-state index contributed by atoms with van der Waals surface area (Å²) in [6, 6.07) is 10.1. The first-order valence-corrected chi connectivity index (χ1v) is 11.2. The van der Waals surface area contributed by atoms with E-state index in [9.17, 15) is 4.79 Å². The highest BCUT2D eigenvalue weighted by atomic mass is 16.2. The van der Waals surface area contributed by atoms with Crippen LogP contribution in [0.3, 0.4) is 0 Å². The Hall–Kier alpha value is -3.28. The van der Waals surface area contributed by atoms with Gasteiger partial charge in [-0.15, -0.1) is 0 Å². The summed E-state index contributed by atoms with van der Waals surface area (Å²) in [5.74, 6) is 0.815. The summed E-state index contributed by atoms with van der Waals surface area (Å²) < 4.78 is 0. The molecular weight excluding hydrogens is 398 g/mol. The smallest absolute Gasteiger partial charge is 0.227 e. The Morgan fingerprint density at radius 2 is 1.97 bits per heavy atom. The number of piperidine rings is 1. The van der Waals surface area contributed by atoms with E-state index in [0.717, 1.165) is 53.8 Å². The van der Waals surface area contributed by atoms with E-state index in [1.165, 1.54) is 5.56 Å². The van der Waals surface area contributed by atoms with E-state index in [4.69, 9.17) is 4.98 Å². The van der Waals surface area contributed by atoms with Gasteiger partial charge in [0.1, 0.15) is 0 Å². The molecule has 6 heteroatoms. The minimum absolute atomic E-state index is 0.0645. The maximum absolute atomic E-state index is 13.5. The number of carbonyl (C=O) groups is 1. The van der Waals surface area contributed by atoms with Gasteiger partial charge in [-0.1, -0.05) is 29.8 Å². The fourth-order valence-corrected chi connectivity index (χ4v) is 4.45. The minimum Gasteiger partial charge on any atom is -0.347 e. The standard InChI is InChI=1S/C26H31N5O/c1-18-8-7-9-20(14-18)15-24(32)31-13-6-5-10-23(31)25-22(17-28-26(29-25)30(3)4)21-11-12-27-16-19(21)2/h7-9,11-12,14,16-17,23H,5-6,10,13,15H2,1-4H3/t23-/m0/s1. The second-order valence-electron chi connectivity index (χ2n) is 8.82. The van der Waals surface area contributed by atoms with Gasteiger partial charge >= 0.3 is 0 Å². The van der Waals surface area contributed by atoms with Gasteiger partial charge < -0.3 is 9.80 Å². The highest BCUT2D eigenvalue weighted by molar-refractivity contribution is 5.80. The highest BCUT2D eigenvalue weighted by Gasteiger charge is 2.31. The van der Waals surface area contributed by atoms with Crippen LogP contribution < -0.4 is 4.90 Å². The van der Waals surface area contributed by atoms with Gasteiger partial charge in [-0.25, -0.2) is 9.97 Å². The molecule has 1 aliphatic heterocycles. The molecule has 0 spiro atoms. The Morgan fingerprint density at radius 1 is 1.12 bits per heavy atom. The molecular formula is C26H31N5O. The molecule has 3 aromatic rings. The van der Waals surface area contributed by atoms with Crippen molar-refractivity contribution in [3.63, 3.8) is 0 Å². The van der Waals surface area contributed by atoms with Gasteiger partial charge in [0, 0.05) is 44.8 Å². The number of anilines is 1. The lowest BCUT2D eigenvalue weighted by atomic mass is 9.92. The summed E-state index contributed by atoms with van der Waals surface area (Å²) in [4.78, 5) is 31.2. The molecule has 1 amide bonds. The third kappa shape index (κ3) is 4.64. The first-order chi connectivity index (χ1) is 15.4. The van der Waals surface area contributed by atoms with Crippen molar-refractivity contribution in [2.75, 3.05) is 25.5 Å². The number of pyridine rings is 1. The van der Waals surface area contributed by atoms with Crippen molar-refractivity contribution in [2.24, 2.45) is 0 Å². The van der Waals surface area contributed by atoms with Gasteiger partial charge in [0.2, 0.25) is 11.9 Å². The molecule has 3 heterocycles. The molecule has 2 aromatic heterocycles. The SMILES string of the molecule is Cc1cccc(CC(=O)N2CCCC[C@H]2c2nc(N(C)C)ncc2-c2ccncc2C)c1. The first-order valence-electron chi connectivity index (χ1n) is 11.2. The molecule has 166 valence electrons. The Morgan fingerprint density at radius 3 is 2.72 bits per heavy atom. The van der Waals surface area contributed by atoms with Gasteiger partial charge in [-0.3, -0.25) is 9.78 Å². The molecule has 1 aromatic carbocycles. The minimum atomic E-state index is -0.0645. The van der Waals surface area contributed by atoms with Crippen LogP contribution in [0.5, 0.6) is 0 Å². The van der Waals surface area contributed by atoms with Crippen LogP contribution in [-0.4, -0.2) is 46.4 Å². The number of carbonyl (C=O) groups excluding carboxylic acids is 1. The molecule has 0 radical (unpaired) electrons. The maximum Gasteiger partial charge on any atom is 0.227 e. The van der Waals surface area contributed by atoms with E-state index in [1.807, 2.05) is 61.4 Å². The third-order valence-electron chi connectivity index (χ3n) is 6.09. The number of nitrogens with zero attached hydrogens (tertiary/aromatic N) is 5. The predicted octanol–water partition coefficient (Wildman–Crippen LogP) is 4.52. The summed E-state index contributed by atoms with van der Waals surface area (Å²) in [6.07, 6.45) is 8.97. The zero-order chi connectivity index (χ0) is 22.7. The average Bonchev–Trinajstić information content (AvgIpc) is 2.79. The molecule has 1 saturated heterocycles. The molecule has 1 atom stereocenters. The summed E-state index contributed by atoms with van der Waals surface area (Å²) in [5, 5.41) is 0. The lowest BCUT2D eigenvalue weighted by Gasteiger charge is -2.36. The van der Waals surface area contributed by atoms with Crippen LogP contribution in [0.15, 0.2) is 48.9 Å². The number of aryl methyl sites for hydroxylation is 2. The monoisotopic (exact) mass is 429 g/mol. The molecule has 32 heavy (non-hydrogen) atoms. The van der Waals surface area contributed by atoms with Crippen LogP contribution >= 0.6 is 0 Å². The van der Waals surface area contributed by atoms with Crippen molar-refractivity contribution in [3.05, 3.63) is 71.3 Å². The second-order valence-corrected chi connectivity index (χ2v) is 8.82. The van der Waals surface area contributed by atoms with E-state index in [-0.39, 0.29) is 11.9 Å². The van der Waals surface area contributed by atoms with Gasteiger partial charge in [0.15, 0.2) is 0 Å². The fourth-order valence-electron chi connectivity index (χ4n) is 4.45. The predicted molar refractivity (Wildman–Crippen MR) is 128 cm³/mol. The first kappa shape index (κ1) is 21.9. The molecule has 0 N–H and O–H groups in total. The van der Waals surface area contributed by atoms with Gasteiger partial charge in [-0.05, 0) is 55.9 Å². The summed E-state index contributed by atoms with van der Waals surface area (Å²) in [6.45, 7) is 4.86. The Balaban J connectivity index is 1.74. The third-order valence-corrected chi connectivity index (χ3v) is 6.09. The Kier molecular flexibility index (Phi) is 6.49. The quantitative estimate of drug-likeness (QED) is 0.597. The van der Waals surface area contributed by atoms with Crippen LogP contribution in [0.25, 0.3) is 11.1 Å². The Bertz CT molecular complexity index is 1110. The van der Waals surface area contributed by atoms with Gasteiger partial charge in [0.05, 0.1) is 18.2 Å². The number of hydrogen-bond acceptors (Lipinski definition) is 5.